The van der Waals surface area contributed by atoms with Crippen molar-refractivity contribution in [2.45, 2.75) is 0 Å². The lowest BCUT2D eigenvalue weighted by Crippen LogP contribution is -2.56. The summed E-state index contributed by atoms with van der Waals surface area (Å²) < 4.78 is 10.7. The first-order valence-corrected chi connectivity index (χ1v) is 6.40. The van der Waals surface area contributed by atoms with Crippen LogP contribution in [0.2, 0.25) is 0 Å². The van der Waals surface area contributed by atoms with E-state index in [0.29, 0.717) is 0 Å². The molecule has 0 aliphatic rings. The quantitative estimate of drug-likeness (QED) is 0.254. The Morgan fingerprint density at radius 3 is 0.615 bits per heavy atom. The lowest BCUT2D eigenvalue weighted by Gasteiger charge is -2.35. The molecule has 0 aliphatic heterocycles. The minimum atomic E-state index is -2.92. The van der Waals surface area contributed by atoms with E-state index in [1.54, 1.807) is 54.2 Å². The Hall–Kier alpha value is 1.65. The largest absolute Gasteiger partial charge is 0.907 e. The fraction of sp³-hybridized carbons (Fsp3) is 0. The molecule has 0 saturated carbocycles. The molecule has 0 radical (unpaired) electrons. The Balaban J connectivity index is -0.0000000420. The molecule has 84 valence electrons. The van der Waals surface area contributed by atoms with Gasteiger partial charge in [0.2, 0.25) is 0 Å². The van der Waals surface area contributed by atoms with Gasteiger partial charge in [-0.05, 0) is 0 Å². The van der Waals surface area contributed by atoms with Crippen LogP contribution in [0.5, 0.6) is 0 Å². The Labute approximate surface area is 89.5 Å². The van der Waals surface area contributed by atoms with Crippen LogP contribution in [0.25, 0.3) is 0 Å². The second kappa shape index (κ2) is 37.3. The van der Waals surface area contributed by atoms with Gasteiger partial charge in [-0.3, -0.25) is 7.32 Å². The molecular formula is H18BN3O3P6. The first kappa shape index (κ1) is 24.1. The van der Waals surface area contributed by atoms with Crippen LogP contribution >= 0.6 is 54.2 Å². The van der Waals surface area contributed by atoms with Crippen molar-refractivity contribution in [2.75, 3.05) is 0 Å². The molecule has 6 unspecified atom stereocenters. The van der Waals surface area contributed by atoms with E-state index in [-0.39, 0.29) is 0 Å². The van der Waals surface area contributed by atoms with Crippen molar-refractivity contribution in [1.82, 2.24) is 12.5 Å². The maximum atomic E-state index is 8.42. The molecule has 0 aromatic carbocycles. The van der Waals surface area contributed by atoms with Crippen molar-refractivity contribution in [3.8, 4) is 0 Å². The predicted molar refractivity (Wildman–Crippen MR) is 78.8 cm³/mol. The highest BCUT2D eigenvalue weighted by molar-refractivity contribution is 7.13. The van der Waals surface area contributed by atoms with Crippen LogP contribution in [0.1, 0.15) is 0 Å². The van der Waals surface area contributed by atoms with Crippen LogP contribution in [0.15, 0.2) is 0 Å². The van der Waals surface area contributed by atoms with Crippen LogP contribution in [-0.2, 0) is 0 Å². The van der Waals surface area contributed by atoms with Crippen molar-refractivity contribution < 1.29 is 15.1 Å². The third-order valence-corrected chi connectivity index (χ3v) is 0. The third-order valence-electron chi connectivity index (χ3n) is 0. The molecule has 6 nitrogen and oxygen atoms in total. The zero-order valence-electron chi connectivity index (χ0n) is 7.39. The normalized spacial score (nSPS) is 5.77. The molecule has 0 saturated heterocycles. The number of hydrogen-bond acceptors (Lipinski definition) is 3. The molecular weight excluding hydrogens is 287 g/mol. The highest BCUT2D eigenvalue weighted by Gasteiger charge is 1.17. The maximum Gasteiger partial charge on any atom is 0.183 e. The summed E-state index contributed by atoms with van der Waals surface area (Å²) in [4.78, 5) is 0. The van der Waals surface area contributed by atoms with Crippen LogP contribution in [0.4, 0.5) is 0 Å². The zero-order chi connectivity index (χ0) is 11.7. The van der Waals surface area contributed by atoms with Crippen molar-refractivity contribution >= 4 is 61.5 Å². The lowest BCUT2D eigenvalue weighted by atomic mass is 10.3. The van der Waals surface area contributed by atoms with E-state index >= 15 is 0 Å². The van der Waals surface area contributed by atoms with Gasteiger partial charge in [0.15, 0.2) is 54.2 Å². The number of rotatable bonds is 0. The molecule has 0 N–H and O–H groups in total. The second-order valence-electron chi connectivity index (χ2n) is 0.959. The monoisotopic (exact) mass is 305 g/mol. The van der Waals surface area contributed by atoms with E-state index in [0.717, 1.165) is 0 Å². The van der Waals surface area contributed by atoms with E-state index < -0.39 is 7.32 Å². The summed E-state index contributed by atoms with van der Waals surface area (Å²) >= 11 is 0. The Morgan fingerprint density at radius 1 is 0.615 bits per heavy atom. The second-order valence-corrected chi connectivity index (χ2v) is 6.33. The van der Waals surface area contributed by atoms with Crippen LogP contribution in [0, 0.1) is 0 Å². The van der Waals surface area contributed by atoms with Crippen molar-refractivity contribution in [3.63, 3.8) is 0 Å². The third kappa shape index (κ3) is 677. The van der Waals surface area contributed by atoms with Gasteiger partial charge in [0.1, 0.15) is 0 Å². The van der Waals surface area contributed by atoms with E-state index in [1.807, 2.05) is 0 Å². The zero-order valence-corrected chi connectivity index (χ0v) is 15.9. The molecule has 0 heterocycles. The molecule has 0 bridgehead atoms. The molecule has 0 amide bonds. The average Bonchev–Trinajstić information content (AvgIpc) is 1.88. The molecule has 0 aromatic rings. The Bertz CT molecular complexity index is 144. The van der Waals surface area contributed by atoms with Crippen molar-refractivity contribution in [3.05, 3.63) is 0 Å². The topological polar surface area (TPSA) is 111 Å². The summed E-state index contributed by atoms with van der Waals surface area (Å²) in [6, 6.07) is 0. The molecule has 13 heavy (non-hydrogen) atoms. The van der Waals surface area contributed by atoms with Gasteiger partial charge in [0, 0.05) is 0 Å². The van der Waals surface area contributed by atoms with E-state index in [1.165, 1.54) is 0 Å². The highest BCUT2D eigenvalue weighted by atomic mass is 31.0. The van der Waals surface area contributed by atoms with E-state index in [2.05, 4.69) is 12.5 Å². The Morgan fingerprint density at radius 2 is 0.615 bits per heavy atom. The molecule has 0 aliphatic carbocycles. The Kier molecular flexibility index (Phi) is 69.1. The van der Waals surface area contributed by atoms with Gasteiger partial charge in [-0.25, -0.2) is 0 Å². The maximum absolute atomic E-state index is 8.42. The standard InChI is InChI=1S/BO3.3H6NP2/c2-1(3)4;3*2-1-3/h;3*2-3H3/q-3;3*+1. The number of nitrogens with zero attached hydrogens (tertiary/aromatic N) is 3. The molecule has 0 aromatic heterocycles. The minimum Gasteiger partial charge on any atom is -0.907 e. The van der Waals surface area contributed by atoms with Crippen LogP contribution in [-0.4, -0.2) is 7.32 Å². The van der Waals surface area contributed by atoms with Crippen molar-refractivity contribution in [1.29, 1.82) is 0 Å². The van der Waals surface area contributed by atoms with Gasteiger partial charge in [-0.2, -0.15) is 12.5 Å². The fourth-order valence-corrected chi connectivity index (χ4v) is 0. The summed E-state index contributed by atoms with van der Waals surface area (Å²) in [6.45, 7) is 0. The smallest absolute Gasteiger partial charge is 0.183 e. The van der Waals surface area contributed by atoms with E-state index in [4.69, 9.17) is 15.1 Å². The lowest BCUT2D eigenvalue weighted by molar-refractivity contribution is -0.479. The van der Waals surface area contributed by atoms with Crippen LogP contribution < -0.4 is 27.6 Å². The van der Waals surface area contributed by atoms with E-state index in [9.17, 15) is 0 Å². The molecule has 13 heteroatoms. The SMILES string of the molecule is [O-]B([O-])[O-].[PH3]=[N+]=[PH3].[PH3]=[N+]=[PH3].[PH3]=[N+]=[PH3]. The molecule has 0 rings (SSSR count). The summed E-state index contributed by atoms with van der Waals surface area (Å²) in [6.07, 6.45) is 0. The summed E-state index contributed by atoms with van der Waals surface area (Å²) in [7, 11) is 6.75. The van der Waals surface area contributed by atoms with Gasteiger partial charge < -0.3 is 15.1 Å². The molecule has 0 fully saturated rings. The molecule has 6 atom stereocenters. The first-order valence-electron chi connectivity index (χ1n) is 2.60. The van der Waals surface area contributed by atoms with Gasteiger partial charge >= 0.3 is 0 Å². The average molecular weight is 305 g/mol. The number of hydrogen-bond donors (Lipinski definition) is 0. The van der Waals surface area contributed by atoms with Crippen molar-refractivity contribution in [2.24, 2.45) is 0 Å². The predicted octanol–water partition coefficient (Wildman–Crippen LogP) is -5.04. The van der Waals surface area contributed by atoms with Gasteiger partial charge in [-0.1, -0.05) is 0 Å². The first-order chi connectivity index (χ1) is 5.97. The summed E-state index contributed by atoms with van der Waals surface area (Å²) in [5, 5.41) is 25.2. The molecule has 0 spiro atoms. The minimum absolute atomic E-state index is 1.61. The summed E-state index contributed by atoms with van der Waals surface area (Å²) in [5.74, 6) is 0. The highest BCUT2D eigenvalue weighted by Crippen LogP contribution is 1.40. The van der Waals surface area contributed by atoms with Gasteiger partial charge in [0.25, 0.3) is 0 Å². The van der Waals surface area contributed by atoms with Gasteiger partial charge in [-0.15, -0.1) is 0 Å². The van der Waals surface area contributed by atoms with Crippen LogP contribution in [0.3, 0.4) is 0 Å². The van der Waals surface area contributed by atoms with Gasteiger partial charge in [0.05, 0.1) is 0 Å². The fourth-order valence-electron chi connectivity index (χ4n) is 0. The summed E-state index contributed by atoms with van der Waals surface area (Å²) in [5.41, 5.74) is 0.